The van der Waals surface area contributed by atoms with Crippen LogP contribution in [-0.4, -0.2) is 47.7 Å². The maximum Gasteiger partial charge on any atom is 0.307 e. The summed E-state index contributed by atoms with van der Waals surface area (Å²) in [6.07, 6.45) is 2.26. The van der Waals surface area contributed by atoms with Crippen molar-refractivity contribution in [3.63, 3.8) is 0 Å². The lowest BCUT2D eigenvalue weighted by atomic mass is 9.97. The van der Waals surface area contributed by atoms with Gasteiger partial charge in [0.1, 0.15) is 0 Å². The molecular weight excluding hydrogens is 204 g/mol. The van der Waals surface area contributed by atoms with Crippen molar-refractivity contribution in [1.29, 1.82) is 0 Å². The molecule has 0 aliphatic carbocycles. The van der Waals surface area contributed by atoms with Crippen LogP contribution >= 0.6 is 0 Å². The van der Waals surface area contributed by atoms with Crippen LogP contribution in [0.25, 0.3) is 0 Å². The van der Waals surface area contributed by atoms with E-state index in [1.807, 2.05) is 6.92 Å². The zero-order chi connectivity index (χ0) is 12.1. The van der Waals surface area contributed by atoms with Gasteiger partial charge in [-0.05, 0) is 39.4 Å². The summed E-state index contributed by atoms with van der Waals surface area (Å²) in [5, 5.41) is 12.4. The second-order valence-electron chi connectivity index (χ2n) is 4.68. The van der Waals surface area contributed by atoms with Gasteiger partial charge in [-0.15, -0.1) is 0 Å². The van der Waals surface area contributed by atoms with E-state index in [0.29, 0.717) is 6.04 Å². The van der Waals surface area contributed by atoms with Crippen LogP contribution in [0.5, 0.6) is 0 Å². The van der Waals surface area contributed by atoms with Gasteiger partial charge in [0, 0.05) is 12.1 Å². The molecular formula is C12H24N2O2. The molecule has 2 unspecified atom stereocenters. The highest BCUT2D eigenvalue weighted by Gasteiger charge is 2.29. The lowest BCUT2D eigenvalue weighted by Gasteiger charge is -2.39. The number of carboxylic acid groups (broad SMARTS) is 1. The number of aliphatic carboxylic acids is 1. The van der Waals surface area contributed by atoms with Crippen LogP contribution in [0.2, 0.25) is 0 Å². The number of nitrogens with one attached hydrogen (secondary N) is 1. The van der Waals surface area contributed by atoms with E-state index in [1.54, 1.807) is 6.92 Å². The molecule has 1 rings (SSSR count). The Hall–Kier alpha value is -0.610. The van der Waals surface area contributed by atoms with Crippen molar-refractivity contribution >= 4 is 5.97 Å². The first-order chi connectivity index (χ1) is 7.57. The minimum absolute atomic E-state index is 0.116. The van der Waals surface area contributed by atoms with E-state index in [9.17, 15) is 4.79 Å². The summed E-state index contributed by atoms with van der Waals surface area (Å²) in [5.74, 6) is -0.991. The number of nitrogens with zero attached hydrogens (tertiary/aromatic N) is 1. The minimum Gasteiger partial charge on any atom is -0.481 e. The summed E-state index contributed by atoms with van der Waals surface area (Å²) in [4.78, 5) is 13.4. The summed E-state index contributed by atoms with van der Waals surface area (Å²) in [6.45, 7) is 8.99. The standard InChI is InChI=1S/C12H24N2O2/c1-4-14(10(3)9(2)12(15)16)11-5-7-13-8-6-11/h9-11,13H,4-8H2,1-3H3,(H,15,16). The number of rotatable bonds is 5. The molecule has 0 radical (unpaired) electrons. The smallest absolute Gasteiger partial charge is 0.307 e. The summed E-state index contributed by atoms with van der Waals surface area (Å²) in [6, 6.07) is 0.661. The van der Waals surface area contributed by atoms with Crippen molar-refractivity contribution in [2.75, 3.05) is 19.6 Å². The number of carbonyl (C=O) groups is 1. The summed E-state index contributed by atoms with van der Waals surface area (Å²) >= 11 is 0. The fourth-order valence-electron chi connectivity index (χ4n) is 2.51. The number of piperidine rings is 1. The van der Waals surface area contributed by atoms with Crippen molar-refractivity contribution < 1.29 is 9.90 Å². The zero-order valence-electron chi connectivity index (χ0n) is 10.6. The molecule has 0 saturated carbocycles. The molecule has 0 amide bonds. The van der Waals surface area contributed by atoms with Gasteiger partial charge in [-0.3, -0.25) is 9.69 Å². The Balaban J connectivity index is 2.60. The highest BCUT2D eigenvalue weighted by molar-refractivity contribution is 5.70. The fourth-order valence-corrected chi connectivity index (χ4v) is 2.51. The monoisotopic (exact) mass is 228 g/mol. The van der Waals surface area contributed by atoms with E-state index in [4.69, 9.17) is 5.11 Å². The third-order valence-electron chi connectivity index (χ3n) is 3.78. The van der Waals surface area contributed by atoms with Gasteiger partial charge in [0.25, 0.3) is 0 Å². The van der Waals surface area contributed by atoms with E-state index >= 15 is 0 Å². The van der Waals surface area contributed by atoms with Gasteiger partial charge in [-0.1, -0.05) is 13.8 Å². The van der Waals surface area contributed by atoms with E-state index in [2.05, 4.69) is 17.1 Å². The molecule has 2 atom stereocenters. The van der Waals surface area contributed by atoms with Crippen LogP contribution in [0.4, 0.5) is 0 Å². The van der Waals surface area contributed by atoms with Gasteiger partial charge in [0.2, 0.25) is 0 Å². The minimum atomic E-state index is -0.695. The molecule has 1 heterocycles. The quantitative estimate of drug-likeness (QED) is 0.741. The van der Waals surface area contributed by atoms with Gasteiger partial charge in [0.15, 0.2) is 0 Å². The van der Waals surface area contributed by atoms with E-state index < -0.39 is 5.97 Å². The Morgan fingerprint density at radius 3 is 2.44 bits per heavy atom. The van der Waals surface area contributed by atoms with Crippen molar-refractivity contribution in [3.8, 4) is 0 Å². The lowest BCUT2D eigenvalue weighted by molar-refractivity contribution is -0.143. The van der Waals surface area contributed by atoms with Gasteiger partial charge in [-0.25, -0.2) is 0 Å². The summed E-state index contributed by atoms with van der Waals surface area (Å²) in [5.41, 5.74) is 0. The molecule has 1 aliphatic rings. The van der Waals surface area contributed by atoms with E-state index in [1.165, 1.54) is 0 Å². The predicted molar refractivity (Wildman–Crippen MR) is 64.5 cm³/mol. The van der Waals surface area contributed by atoms with Crippen molar-refractivity contribution in [1.82, 2.24) is 10.2 Å². The Bertz CT molecular complexity index is 227. The van der Waals surface area contributed by atoms with E-state index in [-0.39, 0.29) is 12.0 Å². The van der Waals surface area contributed by atoms with Gasteiger partial charge in [-0.2, -0.15) is 0 Å². The van der Waals surface area contributed by atoms with E-state index in [0.717, 1.165) is 32.5 Å². The Morgan fingerprint density at radius 1 is 1.44 bits per heavy atom. The Kier molecular flexibility index (Phi) is 5.22. The molecule has 4 nitrogen and oxygen atoms in total. The second kappa shape index (κ2) is 6.21. The molecule has 94 valence electrons. The zero-order valence-corrected chi connectivity index (χ0v) is 10.6. The number of carboxylic acids is 1. The molecule has 0 aromatic rings. The third-order valence-corrected chi connectivity index (χ3v) is 3.78. The molecule has 0 aromatic carbocycles. The summed E-state index contributed by atoms with van der Waals surface area (Å²) in [7, 11) is 0. The summed E-state index contributed by atoms with van der Waals surface area (Å²) < 4.78 is 0. The molecule has 1 fully saturated rings. The van der Waals surface area contributed by atoms with Crippen molar-refractivity contribution in [2.45, 2.75) is 45.7 Å². The first-order valence-electron chi connectivity index (χ1n) is 6.27. The average molecular weight is 228 g/mol. The second-order valence-corrected chi connectivity index (χ2v) is 4.68. The normalized spacial score (nSPS) is 22.0. The first-order valence-corrected chi connectivity index (χ1v) is 6.27. The van der Waals surface area contributed by atoms with Gasteiger partial charge < -0.3 is 10.4 Å². The Labute approximate surface area is 98.0 Å². The fraction of sp³-hybridized carbons (Fsp3) is 0.917. The lowest BCUT2D eigenvalue weighted by Crippen LogP contribution is -2.50. The van der Waals surface area contributed by atoms with Crippen LogP contribution in [0, 0.1) is 5.92 Å². The molecule has 0 bridgehead atoms. The van der Waals surface area contributed by atoms with Crippen LogP contribution in [0.3, 0.4) is 0 Å². The SMILES string of the molecule is CCN(C1CCNCC1)C(C)C(C)C(=O)O. The predicted octanol–water partition coefficient (Wildman–Crippen LogP) is 1.17. The molecule has 4 heteroatoms. The van der Waals surface area contributed by atoms with Gasteiger partial charge in [0.05, 0.1) is 5.92 Å². The van der Waals surface area contributed by atoms with Crippen LogP contribution in [0.1, 0.15) is 33.6 Å². The molecule has 0 spiro atoms. The van der Waals surface area contributed by atoms with Crippen LogP contribution in [-0.2, 0) is 4.79 Å². The third kappa shape index (κ3) is 3.19. The highest BCUT2D eigenvalue weighted by atomic mass is 16.4. The molecule has 0 aromatic heterocycles. The van der Waals surface area contributed by atoms with Crippen molar-refractivity contribution in [3.05, 3.63) is 0 Å². The first kappa shape index (κ1) is 13.5. The topological polar surface area (TPSA) is 52.6 Å². The molecule has 16 heavy (non-hydrogen) atoms. The maximum absolute atomic E-state index is 11.0. The van der Waals surface area contributed by atoms with Crippen LogP contribution in [0.15, 0.2) is 0 Å². The van der Waals surface area contributed by atoms with Crippen LogP contribution < -0.4 is 5.32 Å². The Morgan fingerprint density at radius 2 is 2.00 bits per heavy atom. The molecule has 1 aliphatic heterocycles. The van der Waals surface area contributed by atoms with Crippen molar-refractivity contribution in [2.24, 2.45) is 5.92 Å². The molecule has 1 saturated heterocycles. The largest absolute Gasteiger partial charge is 0.481 e. The average Bonchev–Trinajstić information content (AvgIpc) is 2.30. The number of hydrogen-bond donors (Lipinski definition) is 2. The maximum atomic E-state index is 11.0. The number of hydrogen-bond acceptors (Lipinski definition) is 3. The highest BCUT2D eigenvalue weighted by Crippen LogP contribution is 2.19. The van der Waals surface area contributed by atoms with Gasteiger partial charge >= 0.3 is 5.97 Å². The molecule has 2 N–H and O–H groups in total.